The van der Waals surface area contributed by atoms with Gasteiger partial charge >= 0.3 is 0 Å². The maximum absolute atomic E-state index is 5.93. The van der Waals surface area contributed by atoms with Crippen molar-refractivity contribution in [1.82, 2.24) is 14.6 Å². The van der Waals surface area contributed by atoms with E-state index in [1.54, 1.807) is 11.9 Å². The summed E-state index contributed by atoms with van der Waals surface area (Å²) in [5, 5.41) is 0. The molecule has 1 aliphatic heterocycles. The summed E-state index contributed by atoms with van der Waals surface area (Å²) in [6, 6.07) is 21.3. The fourth-order valence-corrected chi connectivity index (χ4v) is 4.69. The van der Waals surface area contributed by atoms with E-state index in [1.165, 1.54) is 47.5 Å². The summed E-state index contributed by atoms with van der Waals surface area (Å²) in [6.45, 7) is 5.41. The molecule has 3 aromatic rings. The van der Waals surface area contributed by atoms with Crippen LogP contribution >= 0.6 is 11.9 Å². The van der Waals surface area contributed by atoms with E-state index in [1.807, 2.05) is 18.5 Å². The minimum absolute atomic E-state index is 0.745. The van der Waals surface area contributed by atoms with E-state index in [-0.39, 0.29) is 0 Å². The number of pyridine rings is 1. The van der Waals surface area contributed by atoms with Crippen molar-refractivity contribution in [1.29, 1.82) is 0 Å². The standard InChI is InChI=1S/C27H33N3OS/c1(7-23-8-6-15-28-22-23)4-20-31-26-13-11-24(12-14-26)25-9-5-10-27(21-25)32-29-16-19-30-17-2-3-18-30/h5-6,8-15,21-22,29H,1-4,7,16-20H2. The van der Waals surface area contributed by atoms with Gasteiger partial charge < -0.3 is 9.64 Å². The summed E-state index contributed by atoms with van der Waals surface area (Å²) < 4.78 is 9.44. The third-order valence-corrected chi connectivity index (χ3v) is 6.63. The van der Waals surface area contributed by atoms with E-state index in [4.69, 9.17) is 4.74 Å². The Hall–Kier alpha value is -2.34. The third kappa shape index (κ3) is 7.37. The normalized spacial score (nSPS) is 14.0. The van der Waals surface area contributed by atoms with Gasteiger partial charge in [-0.05, 0) is 104 Å². The lowest BCUT2D eigenvalue weighted by molar-refractivity contribution is 0.307. The number of hydrogen-bond acceptors (Lipinski definition) is 5. The summed E-state index contributed by atoms with van der Waals surface area (Å²) >= 11 is 1.72. The van der Waals surface area contributed by atoms with Crippen LogP contribution < -0.4 is 9.46 Å². The Morgan fingerprint density at radius 2 is 1.81 bits per heavy atom. The number of likely N-dealkylation sites (tertiary alicyclic amines) is 1. The lowest BCUT2D eigenvalue weighted by atomic mass is 10.1. The molecule has 0 amide bonds. The fraction of sp³-hybridized carbons (Fsp3) is 0.370. The van der Waals surface area contributed by atoms with Crippen LogP contribution in [0.25, 0.3) is 11.1 Å². The summed E-state index contributed by atoms with van der Waals surface area (Å²) in [5.74, 6) is 0.934. The molecule has 0 saturated carbocycles. The molecule has 5 heteroatoms. The lowest BCUT2D eigenvalue weighted by Gasteiger charge is -2.14. The topological polar surface area (TPSA) is 37.4 Å². The molecular weight excluding hydrogens is 414 g/mol. The van der Waals surface area contributed by atoms with E-state index in [9.17, 15) is 0 Å². The van der Waals surface area contributed by atoms with Crippen molar-refractivity contribution in [3.63, 3.8) is 0 Å². The zero-order chi connectivity index (χ0) is 21.8. The molecule has 0 bridgehead atoms. The smallest absolute Gasteiger partial charge is 0.119 e. The number of benzene rings is 2. The second-order valence-electron chi connectivity index (χ2n) is 8.26. The monoisotopic (exact) mass is 447 g/mol. The first-order chi connectivity index (χ1) is 15.9. The van der Waals surface area contributed by atoms with Crippen LogP contribution in [0.15, 0.2) is 78.0 Å². The SMILES string of the molecule is c1cncc(CCCCOc2ccc(-c3cccc(SNCCN4CCCC4)c3)cc2)c1. The Bertz CT molecular complexity index is 927. The Labute approximate surface area is 196 Å². The first-order valence-electron chi connectivity index (χ1n) is 11.7. The maximum atomic E-state index is 5.93. The highest BCUT2D eigenvalue weighted by Crippen LogP contribution is 2.26. The van der Waals surface area contributed by atoms with Crippen LogP contribution in [-0.4, -0.2) is 42.7 Å². The van der Waals surface area contributed by atoms with Crippen LogP contribution in [0.4, 0.5) is 0 Å². The van der Waals surface area contributed by atoms with Crippen LogP contribution in [0.2, 0.25) is 0 Å². The van der Waals surface area contributed by atoms with Crippen LogP contribution in [0.5, 0.6) is 5.75 Å². The van der Waals surface area contributed by atoms with Crippen LogP contribution in [0.1, 0.15) is 31.2 Å². The van der Waals surface area contributed by atoms with Crippen molar-refractivity contribution in [2.45, 2.75) is 37.0 Å². The molecule has 0 aliphatic carbocycles. The van der Waals surface area contributed by atoms with Gasteiger partial charge in [-0.1, -0.05) is 30.3 Å². The summed E-state index contributed by atoms with van der Waals surface area (Å²) in [6.07, 6.45) is 9.67. The van der Waals surface area contributed by atoms with Gasteiger partial charge in [0.25, 0.3) is 0 Å². The molecule has 0 atom stereocenters. The fourth-order valence-electron chi connectivity index (χ4n) is 3.99. The Morgan fingerprint density at radius 1 is 0.938 bits per heavy atom. The zero-order valence-corrected chi connectivity index (χ0v) is 19.5. The van der Waals surface area contributed by atoms with Gasteiger partial charge in [0.15, 0.2) is 0 Å². The number of aromatic nitrogens is 1. The van der Waals surface area contributed by atoms with Crippen molar-refractivity contribution in [2.75, 3.05) is 32.8 Å². The molecule has 32 heavy (non-hydrogen) atoms. The molecule has 1 N–H and O–H groups in total. The molecule has 2 aromatic carbocycles. The van der Waals surface area contributed by atoms with Gasteiger partial charge in [-0.3, -0.25) is 9.71 Å². The third-order valence-electron chi connectivity index (χ3n) is 5.79. The van der Waals surface area contributed by atoms with E-state index in [0.717, 1.165) is 44.7 Å². The van der Waals surface area contributed by atoms with Crippen molar-refractivity contribution < 1.29 is 4.74 Å². The second kappa shape index (κ2) is 12.6. The van der Waals surface area contributed by atoms with Gasteiger partial charge in [0.2, 0.25) is 0 Å². The van der Waals surface area contributed by atoms with Gasteiger partial charge in [0.05, 0.1) is 6.61 Å². The number of unbranched alkanes of at least 4 members (excludes halogenated alkanes) is 1. The average Bonchev–Trinajstić information content (AvgIpc) is 3.37. The van der Waals surface area contributed by atoms with Crippen molar-refractivity contribution in [3.8, 4) is 16.9 Å². The van der Waals surface area contributed by atoms with E-state index in [0.29, 0.717) is 0 Å². The van der Waals surface area contributed by atoms with Crippen LogP contribution in [-0.2, 0) is 6.42 Å². The number of aryl methyl sites for hydroxylation is 1. The summed E-state index contributed by atoms with van der Waals surface area (Å²) in [5.41, 5.74) is 3.74. The van der Waals surface area contributed by atoms with Gasteiger partial charge in [0.1, 0.15) is 5.75 Å². The molecular formula is C27H33N3OS. The molecule has 4 rings (SSSR count). The highest BCUT2D eigenvalue weighted by atomic mass is 32.2. The Balaban J connectivity index is 1.18. The molecule has 168 valence electrons. The summed E-state index contributed by atoms with van der Waals surface area (Å²) in [4.78, 5) is 7.95. The van der Waals surface area contributed by atoms with Crippen molar-refractivity contribution >= 4 is 11.9 Å². The Kier molecular flexibility index (Phi) is 9.02. The average molecular weight is 448 g/mol. The molecule has 1 aliphatic rings. The minimum atomic E-state index is 0.745. The number of nitrogens with zero attached hydrogens (tertiary/aromatic N) is 2. The molecule has 1 saturated heterocycles. The largest absolute Gasteiger partial charge is 0.494 e. The molecule has 0 radical (unpaired) electrons. The van der Waals surface area contributed by atoms with E-state index < -0.39 is 0 Å². The lowest BCUT2D eigenvalue weighted by Crippen LogP contribution is -2.27. The highest BCUT2D eigenvalue weighted by Gasteiger charge is 2.10. The van der Waals surface area contributed by atoms with E-state index in [2.05, 4.69) is 69.2 Å². The molecule has 1 aromatic heterocycles. The van der Waals surface area contributed by atoms with Crippen molar-refractivity contribution in [3.05, 3.63) is 78.6 Å². The zero-order valence-electron chi connectivity index (χ0n) is 18.7. The van der Waals surface area contributed by atoms with Gasteiger partial charge in [0, 0.05) is 30.4 Å². The molecule has 1 fully saturated rings. The predicted octanol–water partition coefficient (Wildman–Crippen LogP) is 5.84. The highest BCUT2D eigenvalue weighted by molar-refractivity contribution is 7.97. The minimum Gasteiger partial charge on any atom is -0.494 e. The first kappa shape index (κ1) is 22.8. The number of ether oxygens (including phenoxy) is 1. The van der Waals surface area contributed by atoms with Crippen LogP contribution in [0.3, 0.4) is 0 Å². The molecule has 0 spiro atoms. The molecule has 0 unspecified atom stereocenters. The summed E-state index contributed by atoms with van der Waals surface area (Å²) in [7, 11) is 0. The number of hydrogen-bond donors (Lipinski definition) is 1. The Morgan fingerprint density at radius 3 is 2.62 bits per heavy atom. The van der Waals surface area contributed by atoms with Gasteiger partial charge in [-0.15, -0.1) is 0 Å². The first-order valence-corrected chi connectivity index (χ1v) is 12.5. The predicted molar refractivity (Wildman–Crippen MR) is 134 cm³/mol. The van der Waals surface area contributed by atoms with E-state index >= 15 is 0 Å². The molecule has 2 heterocycles. The van der Waals surface area contributed by atoms with Gasteiger partial charge in [-0.25, -0.2) is 0 Å². The number of rotatable bonds is 12. The van der Waals surface area contributed by atoms with Crippen LogP contribution in [0, 0.1) is 0 Å². The van der Waals surface area contributed by atoms with Gasteiger partial charge in [-0.2, -0.15) is 0 Å². The quantitative estimate of drug-likeness (QED) is 0.279. The van der Waals surface area contributed by atoms with Crippen molar-refractivity contribution in [2.24, 2.45) is 0 Å². The molecule has 4 nitrogen and oxygen atoms in total. The number of nitrogens with one attached hydrogen (secondary N) is 1. The second-order valence-corrected chi connectivity index (χ2v) is 9.23. The maximum Gasteiger partial charge on any atom is 0.119 e.